The van der Waals surface area contributed by atoms with Crippen LogP contribution < -0.4 is 10.6 Å². The van der Waals surface area contributed by atoms with E-state index in [4.69, 9.17) is 9.47 Å². The number of aliphatic imine (C=N–C) groups is 1. The average Bonchev–Trinajstić information content (AvgIpc) is 2.59. The fraction of sp³-hybridized carbons (Fsp3) is 0.588. The highest BCUT2D eigenvalue weighted by atomic mass is 19.1. The lowest BCUT2D eigenvalue weighted by atomic mass is 9.74. The Labute approximate surface area is 137 Å². The van der Waals surface area contributed by atoms with Crippen molar-refractivity contribution in [2.45, 2.75) is 18.3 Å². The van der Waals surface area contributed by atoms with E-state index in [1.165, 1.54) is 12.1 Å². The summed E-state index contributed by atoms with van der Waals surface area (Å²) in [5.74, 6) is 0.538. The van der Waals surface area contributed by atoms with Crippen LogP contribution in [0.4, 0.5) is 4.39 Å². The lowest BCUT2D eigenvalue weighted by Crippen LogP contribution is -2.48. The number of ether oxygens (including phenoxy) is 2. The summed E-state index contributed by atoms with van der Waals surface area (Å²) < 4.78 is 23.8. The molecule has 0 unspecified atom stereocenters. The van der Waals surface area contributed by atoms with Gasteiger partial charge >= 0.3 is 0 Å². The van der Waals surface area contributed by atoms with E-state index in [2.05, 4.69) is 15.6 Å². The maximum atomic E-state index is 13.2. The molecule has 1 saturated heterocycles. The van der Waals surface area contributed by atoms with Gasteiger partial charge in [-0.15, -0.1) is 0 Å². The quantitative estimate of drug-likeness (QED) is 0.475. The van der Waals surface area contributed by atoms with Crippen molar-refractivity contribution in [1.29, 1.82) is 0 Å². The molecule has 0 bridgehead atoms. The highest BCUT2D eigenvalue weighted by Crippen LogP contribution is 2.34. The number of methoxy groups -OCH3 is 1. The van der Waals surface area contributed by atoms with Gasteiger partial charge in [0, 0.05) is 45.9 Å². The third-order valence-electron chi connectivity index (χ3n) is 4.32. The molecular weight excluding hydrogens is 297 g/mol. The number of rotatable bonds is 6. The molecule has 23 heavy (non-hydrogen) atoms. The summed E-state index contributed by atoms with van der Waals surface area (Å²) >= 11 is 0. The van der Waals surface area contributed by atoms with Gasteiger partial charge in [0.15, 0.2) is 5.96 Å². The number of guanidine groups is 1. The molecule has 1 aliphatic heterocycles. The van der Waals surface area contributed by atoms with Crippen LogP contribution in [0.5, 0.6) is 0 Å². The molecule has 1 aliphatic rings. The molecule has 1 aromatic rings. The summed E-state index contributed by atoms with van der Waals surface area (Å²) in [5.41, 5.74) is 1.08. The molecule has 0 aliphatic carbocycles. The van der Waals surface area contributed by atoms with E-state index in [0.29, 0.717) is 13.2 Å². The molecule has 0 atom stereocenters. The maximum absolute atomic E-state index is 13.2. The van der Waals surface area contributed by atoms with Gasteiger partial charge in [-0.25, -0.2) is 4.39 Å². The minimum atomic E-state index is -0.207. The molecular formula is C17H26FN3O2. The molecule has 0 saturated carbocycles. The van der Waals surface area contributed by atoms with Gasteiger partial charge in [0.2, 0.25) is 0 Å². The number of hydrogen-bond acceptors (Lipinski definition) is 3. The molecule has 0 amide bonds. The third kappa shape index (κ3) is 4.91. The number of nitrogens with one attached hydrogen (secondary N) is 2. The fourth-order valence-electron chi connectivity index (χ4n) is 2.88. The molecule has 5 nitrogen and oxygen atoms in total. The van der Waals surface area contributed by atoms with Crippen LogP contribution in [0.2, 0.25) is 0 Å². The first-order valence-electron chi connectivity index (χ1n) is 7.97. The highest BCUT2D eigenvalue weighted by Gasteiger charge is 2.34. The van der Waals surface area contributed by atoms with Gasteiger partial charge in [-0.2, -0.15) is 0 Å². The molecule has 0 aromatic heterocycles. The summed E-state index contributed by atoms with van der Waals surface area (Å²) in [6.45, 7) is 3.48. The monoisotopic (exact) mass is 323 g/mol. The third-order valence-corrected chi connectivity index (χ3v) is 4.32. The molecule has 2 rings (SSSR count). The van der Waals surface area contributed by atoms with E-state index in [9.17, 15) is 4.39 Å². The van der Waals surface area contributed by atoms with Crippen molar-refractivity contribution in [3.05, 3.63) is 35.6 Å². The van der Waals surface area contributed by atoms with Crippen LogP contribution in [0.1, 0.15) is 18.4 Å². The zero-order chi connectivity index (χ0) is 16.5. The Bertz CT molecular complexity index is 499. The SMILES string of the molecule is CN=C(NCCOC)NCC1(c2ccc(F)cc2)CCOCC1. The number of hydrogen-bond donors (Lipinski definition) is 2. The van der Waals surface area contributed by atoms with Crippen LogP contribution in [0, 0.1) is 5.82 Å². The molecule has 1 heterocycles. The van der Waals surface area contributed by atoms with Crippen molar-refractivity contribution in [2.24, 2.45) is 4.99 Å². The zero-order valence-corrected chi connectivity index (χ0v) is 13.9. The van der Waals surface area contributed by atoms with Crippen molar-refractivity contribution in [2.75, 3.05) is 47.1 Å². The Morgan fingerprint density at radius 1 is 1.26 bits per heavy atom. The molecule has 0 radical (unpaired) electrons. The molecule has 1 aromatic carbocycles. The summed E-state index contributed by atoms with van der Waals surface area (Å²) in [6, 6.07) is 6.81. The second-order valence-electron chi connectivity index (χ2n) is 5.74. The van der Waals surface area contributed by atoms with Crippen molar-refractivity contribution in [3.8, 4) is 0 Å². The van der Waals surface area contributed by atoms with Crippen LogP contribution in [0.25, 0.3) is 0 Å². The standard InChI is InChI=1S/C17H26FN3O2/c1-19-16(20-9-12-22-2)21-13-17(7-10-23-11-8-17)14-3-5-15(18)6-4-14/h3-6H,7-13H2,1-2H3,(H2,19,20,21). The first-order valence-corrected chi connectivity index (χ1v) is 7.97. The first kappa shape index (κ1) is 17.7. The second-order valence-corrected chi connectivity index (χ2v) is 5.74. The summed E-state index contributed by atoms with van der Waals surface area (Å²) in [7, 11) is 3.42. The van der Waals surface area contributed by atoms with E-state index >= 15 is 0 Å². The molecule has 2 N–H and O–H groups in total. The Morgan fingerprint density at radius 3 is 2.57 bits per heavy atom. The van der Waals surface area contributed by atoms with E-state index in [1.54, 1.807) is 14.2 Å². The predicted molar refractivity (Wildman–Crippen MR) is 89.4 cm³/mol. The summed E-state index contributed by atoms with van der Waals surface area (Å²) in [4.78, 5) is 4.23. The summed E-state index contributed by atoms with van der Waals surface area (Å²) in [6.07, 6.45) is 1.81. The minimum Gasteiger partial charge on any atom is -0.383 e. The maximum Gasteiger partial charge on any atom is 0.191 e. The molecule has 1 fully saturated rings. The van der Waals surface area contributed by atoms with Gasteiger partial charge in [0.05, 0.1) is 6.61 Å². The van der Waals surface area contributed by atoms with E-state index in [-0.39, 0.29) is 11.2 Å². The highest BCUT2D eigenvalue weighted by molar-refractivity contribution is 5.79. The number of benzene rings is 1. The van der Waals surface area contributed by atoms with Gasteiger partial charge in [0.25, 0.3) is 0 Å². The summed E-state index contributed by atoms with van der Waals surface area (Å²) in [5, 5.41) is 6.60. The van der Waals surface area contributed by atoms with E-state index in [0.717, 1.165) is 44.1 Å². The van der Waals surface area contributed by atoms with Crippen LogP contribution >= 0.6 is 0 Å². The molecule has 0 spiro atoms. The smallest absolute Gasteiger partial charge is 0.191 e. The Balaban J connectivity index is 2.05. The predicted octanol–water partition coefficient (Wildman–Crippen LogP) is 1.69. The molecule has 6 heteroatoms. The normalized spacial score (nSPS) is 17.8. The van der Waals surface area contributed by atoms with Crippen molar-refractivity contribution in [3.63, 3.8) is 0 Å². The Kier molecular flexibility index (Phi) is 6.80. The fourth-order valence-corrected chi connectivity index (χ4v) is 2.88. The van der Waals surface area contributed by atoms with Crippen molar-refractivity contribution < 1.29 is 13.9 Å². The van der Waals surface area contributed by atoms with Crippen LogP contribution in [-0.4, -0.2) is 53.0 Å². The zero-order valence-electron chi connectivity index (χ0n) is 13.9. The number of nitrogens with zero attached hydrogens (tertiary/aromatic N) is 1. The first-order chi connectivity index (χ1) is 11.2. The Morgan fingerprint density at radius 2 is 1.96 bits per heavy atom. The van der Waals surface area contributed by atoms with Crippen molar-refractivity contribution in [1.82, 2.24) is 10.6 Å². The lowest BCUT2D eigenvalue weighted by Gasteiger charge is -2.38. The lowest BCUT2D eigenvalue weighted by molar-refractivity contribution is 0.0513. The number of halogens is 1. The molecule has 128 valence electrons. The van der Waals surface area contributed by atoms with Crippen LogP contribution in [0.15, 0.2) is 29.3 Å². The van der Waals surface area contributed by atoms with E-state index < -0.39 is 0 Å². The van der Waals surface area contributed by atoms with Crippen molar-refractivity contribution >= 4 is 5.96 Å². The largest absolute Gasteiger partial charge is 0.383 e. The Hall–Kier alpha value is -1.66. The van der Waals surface area contributed by atoms with Crippen LogP contribution in [-0.2, 0) is 14.9 Å². The van der Waals surface area contributed by atoms with Gasteiger partial charge in [-0.1, -0.05) is 12.1 Å². The van der Waals surface area contributed by atoms with Gasteiger partial charge in [-0.05, 0) is 30.5 Å². The van der Waals surface area contributed by atoms with Gasteiger partial charge in [0.1, 0.15) is 5.82 Å². The van der Waals surface area contributed by atoms with E-state index in [1.807, 2.05) is 12.1 Å². The average molecular weight is 323 g/mol. The van der Waals surface area contributed by atoms with Crippen LogP contribution in [0.3, 0.4) is 0 Å². The van der Waals surface area contributed by atoms with Gasteiger partial charge in [-0.3, -0.25) is 4.99 Å². The topological polar surface area (TPSA) is 54.9 Å². The second kappa shape index (κ2) is 8.84. The van der Waals surface area contributed by atoms with Gasteiger partial charge < -0.3 is 20.1 Å². The minimum absolute atomic E-state index is 0.0647.